The van der Waals surface area contributed by atoms with E-state index in [-0.39, 0.29) is 11.8 Å². The average molecular weight is 274 g/mol. The second-order valence-electron chi connectivity index (χ2n) is 6.26. The average Bonchev–Trinajstić information content (AvgIpc) is 3.09. The molecule has 1 aromatic rings. The maximum Gasteiger partial charge on any atom is 0.170 e. The lowest BCUT2D eigenvalue weighted by molar-refractivity contribution is -0.192. The van der Waals surface area contributed by atoms with Gasteiger partial charge in [-0.25, -0.2) is 0 Å². The third-order valence-electron chi connectivity index (χ3n) is 5.02. The molecule has 2 fully saturated rings. The molecule has 4 heteroatoms. The van der Waals surface area contributed by atoms with Crippen LogP contribution in [0.3, 0.4) is 0 Å². The van der Waals surface area contributed by atoms with Crippen LogP contribution in [0, 0.1) is 0 Å². The van der Waals surface area contributed by atoms with Crippen LogP contribution in [0.5, 0.6) is 0 Å². The van der Waals surface area contributed by atoms with Crippen LogP contribution in [-0.2, 0) is 22.6 Å². The van der Waals surface area contributed by atoms with Crippen LogP contribution in [0.2, 0.25) is 0 Å². The van der Waals surface area contributed by atoms with Gasteiger partial charge < -0.3 is 15.2 Å². The van der Waals surface area contributed by atoms with Gasteiger partial charge in [0.25, 0.3) is 0 Å². The van der Waals surface area contributed by atoms with E-state index >= 15 is 0 Å². The van der Waals surface area contributed by atoms with Gasteiger partial charge in [0.15, 0.2) is 5.79 Å². The summed E-state index contributed by atoms with van der Waals surface area (Å²) in [6.45, 7) is 3.46. The van der Waals surface area contributed by atoms with E-state index in [0.29, 0.717) is 6.04 Å². The number of nitrogens with zero attached hydrogens (tertiary/aromatic N) is 1. The molecule has 20 heavy (non-hydrogen) atoms. The van der Waals surface area contributed by atoms with Crippen molar-refractivity contribution in [2.24, 2.45) is 5.73 Å². The van der Waals surface area contributed by atoms with Crippen molar-refractivity contribution in [1.29, 1.82) is 0 Å². The predicted octanol–water partition coefficient (Wildman–Crippen LogP) is 1.63. The van der Waals surface area contributed by atoms with E-state index in [2.05, 4.69) is 29.2 Å². The highest BCUT2D eigenvalue weighted by Gasteiger charge is 2.46. The summed E-state index contributed by atoms with van der Waals surface area (Å²) in [5.41, 5.74) is 9.27. The summed E-state index contributed by atoms with van der Waals surface area (Å²) < 4.78 is 11.8. The Kier molecular flexibility index (Phi) is 3.07. The number of fused-ring (bicyclic) bond motifs is 1. The highest BCUT2D eigenvalue weighted by Crippen LogP contribution is 2.39. The van der Waals surface area contributed by atoms with Crippen LogP contribution in [0.25, 0.3) is 0 Å². The first-order valence-electron chi connectivity index (χ1n) is 7.60. The number of rotatable bonds is 1. The second kappa shape index (κ2) is 4.81. The van der Waals surface area contributed by atoms with Gasteiger partial charge in [-0.05, 0) is 17.5 Å². The fourth-order valence-corrected chi connectivity index (χ4v) is 3.90. The Labute approximate surface area is 119 Å². The van der Waals surface area contributed by atoms with Crippen molar-refractivity contribution < 1.29 is 9.47 Å². The lowest BCUT2D eigenvalue weighted by atomic mass is 9.85. The van der Waals surface area contributed by atoms with Crippen molar-refractivity contribution in [3.05, 3.63) is 35.4 Å². The maximum absolute atomic E-state index is 6.39. The molecule has 4 rings (SSSR count). The normalized spacial score (nSPS) is 32.6. The molecule has 1 saturated carbocycles. The van der Waals surface area contributed by atoms with E-state index in [1.807, 2.05) is 0 Å². The van der Waals surface area contributed by atoms with Gasteiger partial charge in [0.2, 0.25) is 0 Å². The molecular formula is C16H22N2O2. The summed E-state index contributed by atoms with van der Waals surface area (Å²) in [5, 5.41) is 0. The zero-order valence-corrected chi connectivity index (χ0v) is 11.8. The van der Waals surface area contributed by atoms with E-state index in [1.165, 1.54) is 11.1 Å². The monoisotopic (exact) mass is 274 g/mol. The third kappa shape index (κ3) is 2.07. The summed E-state index contributed by atoms with van der Waals surface area (Å²) in [7, 11) is 0. The zero-order chi connectivity index (χ0) is 13.6. The highest BCUT2D eigenvalue weighted by molar-refractivity contribution is 5.30. The molecule has 0 amide bonds. The van der Waals surface area contributed by atoms with Gasteiger partial charge >= 0.3 is 0 Å². The van der Waals surface area contributed by atoms with Gasteiger partial charge in [-0.1, -0.05) is 24.3 Å². The first-order valence-corrected chi connectivity index (χ1v) is 7.60. The fourth-order valence-electron chi connectivity index (χ4n) is 3.90. The molecule has 2 heterocycles. The number of ether oxygens (including phenoxy) is 2. The Bertz CT molecular complexity index is 474. The lowest BCUT2D eigenvalue weighted by Gasteiger charge is -2.43. The van der Waals surface area contributed by atoms with Crippen LogP contribution in [-0.4, -0.2) is 36.0 Å². The summed E-state index contributed by atoms with van der Waals surface area (Å²) >= 11 is 0. The minimum absolute atomic E-state index is 0.225. The Balaban J connectivity index is 1.53. The van der Waals surface area contributed by atoms with E-state index in [4.69, 9.17) is 15.2 Å². The summed E-state index contributed by atoms with van der Waals surface area (Å²) in [6, 6.07) is 9.27. The molecule has 1 aliphatic carbocycles. The molecule has 1 saturated heterocycles. The van der Waals surface area contributed by atoms with Crippen molar-refractivity contribution in [2.75, 3.05) is 13.2 Å². The lowest BCUT2D eigenvalue weighted by Crippen LogP contribution is -2.55. The number of nitrogens with two attached hydrogens (primary N) is 1. The van der Waals surface area contributed by atoms with E-state index < -0.39 is 0 Å². The number of benzene rings is 1. The standard InChI is InChI=1S/C16H22N2O2/c17-14-5-6-16(19-7-8-20-16)9-15(14)18-10-12-3-1-2-4-13(12)11-18/h1-4,14-15H,5-11,17H2. The smallest absolute Gasteiger partial charge is 0.170 e. The van der Waals surface area contributed by atoms with Crippen LogP contribution < -0.4 is 5.73 Å². The molecule has 2 aliphatic heterocycles. The van der Waals surface area contributed by atoms with E-state index in [0.717, 1.165) is 45.6 Å². The first-order chi connectivity index (χ1) is 9.76. The van der Waals surface area contributed by atoms with Crippen LogP contribution in [0.15, 0.2) is 24.3 Å². The maximum atomic E-state index is 6.39. The quantitative estimate of drug-likeness (QED) is 0.845. The summed E-state index contributed by atoms with van der Waals surface area (Å²) in [6.07, 6.45) is 2.82. The largest absolute Gasteiger partial charge is 0.347 e. The topological polar surface area (TPSA) is 47.7 Å². The minimum atomic E-state index is -0.352. The SMILES string of the molecule is NC1CCC2(CC1N1Cc3ccccc3C1)OCCO2. The van der Waals surface area contributed by atoms with Gasteiger partial charge in [0.1, 0.15) is 0 Å². The van der Waals surface area contributed by atoms with Crippen molar-refractivity contribution >= 4 is 0 Å². The predicted molar refractivity (Wildman–Crippen MR) is 75.9 cm³/mol. The second-order valence-corrected chi connectivity index (χ2v) is 6.26. The van der Waals surface area contributed by atoms with Crippen LogP contribution >= 0.6 is 0 Å². The highest BCUT2D eigenvalue weighted by atomic mass is 16.7. The first kappa shape index (κ1) is 12.8. The Morgan fingerprint density at radius 2 is 1.75 bits per heavy atom. The minimum Gasteiger partial charge on any atom is -0.347 e. The molecule has 2 N–H and O–H groups in total. The van der Waals surface area contributed by atoms with Gasteiger partial charge in [-0.15, -0.1) is 0 Å². The Hall–Kier alpha value is -0.940. The molecule has 2 unspecified atom stereocenters. The molecule has 1 spiro atoms. The Morgan fingerprint density at radius 1 is 1.10 bits per heavy atom. The Morgan fingerprint density at radius 3 is 2.40 bits per heavy atom. The molecule has 108 valence electrons. The van der Waals surface area contributed by atoms with E-state index in [9.17, 15) is 0 Å². The van der Waals surface area contributed by atoms with Crippen molar-refractivity contribution in [1.82, 2.24) is 4.90 Å². The third-order valence-corrected chi connectivity index (χ3v) is 5.02. The molecule has 0 radical (unpaired) electrons. The summed E-state index contributed by atoms with van der Waals surface area (Å²) in [5.74, 6) is -0.352. The number of hydrogen-bond donors (Lipinski definition) is 1. The van der Waals surface area contributed by atoms with Crippen molar-refractivity contribution in [2.45, 2.75) is 50.2 Å². The van der Waals surface area contributed by atoms with Gasteiger partial charge in [-0.3, -0.25) is 4.90 Å². The molecular weight excluding hydrogens is 252 g/mol. The van der Waals surface area contributed by atoms with Crippen LogP contribution in [0.1, 0.15) is 30.4 Å². The molecule has 3 aliphatic rings. The molecule has 1 aromatic carbocycles. The van der Waals surface area contributed by atoms with Gasteiger partial charge in [0.05, 0.1) is 13.2 Å². The number of hydrogen-bond acceptors (Lipinski definition) is 4. The molecule has 0 bridgehead atoms. The summed E-state index contributed by atoms with van der Waals surface area (Å²) in [4.78, 5) is 2.50. The molecule has 4 nitrogen and oxygen atoms in total. The zero-order valence-electron chi connectivity index (χ0n) is 11.8. The van der Waals surface area contributed by atoms with Gasteiger partial charge in [-0.2, -0.15) is 0 Å². The molecule has 2 atom stereocenters. The van der Waals surface area contributed by atoms with Crippen molar-refractivity contribution in [3.8, 4) is 0 Å². The van der Waals surface area contributed by atoms with Crippen LogP contribution in [0.4, 0.5) is 0 Å². The van der Waals surface area contributed by atoms with E-state index in [1.54, 1.807) is 0 Å². The fraction of sp³-hybridized carbons (Fsp3) is 0.625. The van der Waals surface area contributed by atoms with Gasteiger partial charge in [0, 0.05) is 38.0 Å². The van der Waals surface area contributed by atoms with Crippen molar-refractivity contribution in [3.63, 3.8) is 0 Å². The molecule has 0 aromatic heterocycles.